The molecule has 3 nitrogen and oxygen atoms in total. The molecule has 0 radical (unpaired) electrons. The first-order valence-electron chi connectivity index (χ1n) is 8.21. The van der Waals surface area contributed by atoms with Crippen LogP contribution in [-0.4, -0.2) is 35.2 Å². The van der Waals surface area contributed by atoms with Crippen LogP contribution in [-0.2, 0) is 0 Å². The van der Waals surface area contributed by atoms with E-state index < -0.39 is 6.10 Å². The molecule has 0 amide bonds. The molecule has 21 heavy (non-hydrogen) atoms. The van der Waals surface area contributed by atoms with Gasteiger partial charge in [0.15, 0.2) is 0 Å². The zero-order chi connectivity index (χ0) is 15.3. The second-order valence-corrected chi connectivity index (χ2v) is 6.46. The largest absolute Gasteiger partial charge is 0.494 e. The minimum absolute atomic E-state index is 0.255. The molecule has 1 unspecified atom stereocenters. The average Bonchev–Trinajstić information content (AvgIpc) is 2.76. The van der Waals surface area contributed by atoms with E-state index in [0.29, 0.717) is 6.61 Å². The fourth-order valence-electron chi connectivity index (χ4n) is 3.17. The van der Waals surface area contributed by atoms with Crippen molar-refractivity contribution < 1.29 is 9.84 Å². The third-order valence-corrected chi connectivity index (χ3v) is 4.58. The summed E-state index contributed by atoms with van der Waals surface area (Å²) < 4.78 is 5.55. The molecule has 1 fully saturated rings. The Kier molecular flexibility index (Phi) is 5.65. The molecule has 1 aliphatic rings. The molecule has 1 heterocycles. The summed E-state index contributed by atoms with van der Waals surface area (Å²) in [6.45, 7) is 9.08. The smallest absolute Gasteiger partial charge is 0.119 e. The van der Waals surface area contributed by atoms with Crippen LogP contribution in [0.2, 0.25) is 0 Å². The Bertz CT molecular complexity index is 437. The van der Waals surface area contributed by atoms with Gasteiger partial charge in [0.05, 0.1) is 12.7 Å². The van der Waals surface area contributed by atoms with Gasteiger partial charge in [0.2, 0.25) is 0 Å². The molecule has 1 atom stereocenters. The number of rotatable bonds is 5. The number of benzene rings is 1. The van der Waals surface area contributed by atoms with Crippen molar-refractivity contribution in [3.8, 4) is 5.75 Å². The molecular weight excluding hydrogens is 262 g/mol. The fourth-order valence-corrected chi connectivity index (χ4v) is 3.17. The van der Waals surface area contributed by atoms with Crippen LogP contribution in [0.5, 0.6) is 5.75 Å². The summed E-state index contributed by atoms with van der Waals surface area (Å²) >= 11 is 0. The van der Waals surface area contributed by atoms with Gasteiger partial charge in [-0.25, -0.2) is 0 Å². The first-order chi connectivity index (χ1) is 10.1. The number of hydrogen-bond donors (Lipinski definition) is 1. The monoisotopic (exact) mass is 291 g/mol. The average molecular weight is 291 g/mol. The van der Waals surface area contributed by atoms with Crippen molar-refractivity contribution >= 4 is 0 Å². The van der Waals surface area contributed by atoms with Gasteiger partial charge in [0.25, 0.3) is 0 Å². The molecule has 0 aliphatic carbocycles. The zero-order valence-electron chi connectivity index (χ0n) is 13.6. The van der Waals surface area contributed by atoms with Crippen molar-refractivity contribution in [2.75, 3.05) is 19.7 Å². The lowest BCUT2D eigenvalue weighted by Crippen LogP contribution is -2.48. The second-order valence-electron chi connectivity index (χ2n) is 6.46. The van der Waals surface area contributed by atoms with E-state index in [1.165, 1.54) is 25.7 Å². The number of aliphatic hydroxyl groups excluding tert-OH is 1. The molecule has 1 N–H and O–H groups in total. The minimum atomic E-state index is -0.504. The summed E-state index contributed by atoms with van der Waals surface area (Å²) in [6.07, 6.45) is 4.57. The molecule has 0 bridgehead atoms. The summed E-state index contributed by atoms with van der Waals surface area (Å²) in [7, 11) is 0. The normalized spacial score (nSPS) is 19.0. The predicted molar refractivity (Wildman–Crippen MR) is 86.7 cm³/mol. The molecule has 1 saturated heterocycles. The van der Waals surface area contributed by atoms with Gasteiger partial charge >= 0.3 is 0 Å². The number of likely N-dealkylation sites (tertiary alicyclic amines) is 1. The van der Waals surface area contributed by atoms with Crippen LogP contribution in [0.25, 0.3) is 0 Å². The van der Waals surface area contributed by atoms with E-state index in [4.69, 9.17) is 4.74 Å². The van der Waals surface area contributed by atoms with Crippen molar-refractivity contribution in [2.24, 2.45) is 0 Å². The van der Waals surface area contributed by atoms with Gasteiger partial charge in [-0.2, -0.15) is 0 Å². The summed E-state index contributed by atoms with van der Waals surface area (Å²) in [5.41, 5.74) is 0.685. The van der Waals surface area contributed by atoms with Crippen LogP contribution in [0.1, 0.15) is 58.1 Å². The molecular formula is C18H29NO2. The van der Waals surface area contributed by atoms with E-state index in [1.807, 2.05) is 31.2 Å². The SMILES string of the molecule is CCOc1cccc(C(O)C(C)(C)N2CCCCCC2)c1. The van der Waals surface area contributed by atoms with E-state index in [1.54, 1.807) is 0 Å². The highest BCUT2D eigenvalue weighted by Gasteiger charge is 2.35. The molecule has 1 aromatic carbocycles. The van der Waals surface area contributed by atoms with Gasteiger partial charge in [0.1, 0.15) is 5.75 Å². The van der Waals surface area contributed by atoms with Gasteiger partial charge in [-0.3, -0.25) is 4.90 Å². The lowest BCUT2D eigenvalue weighted by molar-refractivity contribution is -0.0101. The number of ether oxygens (including phenoxy) is 1. The Morgan fingerprint density at radius 3 is 2.48 bits per heavy atom. The minimum Gasteiger partial charge on any atom is -0.494 e. The van der Waals surface area contributed by atoms with Crippen LogP contribution in [0.4, 0.5) is 0 Å². The maximum absolute atomic E-state index is 10.9. The molecule has 1 aromatic rings. The summed E-state index contributed by atoms with van der Waals surface area (Å²) in [5, 5.41) is 10.9. The third kappa shape index (κ3) is 3.98. The first kappa shape index (κ1) is 16.3. The van der Waals surface area contributed by atoms with Crippen LogP contribution in [0, 0.1) is 0 Å². The lowest BCUT2D eigenvalue weighted by Gasteiger charge is -2.41. The van der Waals surface area contributed by atoms with Crippen LogP contribution >= 0.6 is 0 Å². The van der Waals surface area contributed by atoms with Gasteiger partial charge in [-0.05, 0) is 64.4 Å². The van der Waals surface area contributed by atoms with E-state index in [-0.39, 0.29) is 5.54 Å². The predicted octanol–water partition coefficient (Wildman–Crippen LogP) is 3.77. The van der Waals surface area contributed by atoms with Crippen molar-refractivity contribution in [1.29, 1.82) is 0 Å². The third-order valence-electron chi connectivity index (χ3n) is 4.58. The highest BCUT2D eigenvalue weighted by Crippen LogP contribution is 2.33. The van der Waals surface area contributed by atoms with Crippen molar-refractivity contribution in [1.82, 2.24) is 4.90 Å². The van der Waals surface area contributed by atoms with Crippen LogP contribution in [0.3, 0.4) is 0 Å². The number of hydrogen-bond acceptors (Lipinski definition) is 3. The standard InChI is InChI=1S/C18H29NO2/c1-4-21-16-11-9-10-15(14-16)17(20)18(2,3)19-12-7-5-6-8-13-19/h9-11,14,17,20H,4-8,12-13H2,1-3H3. The Morgan fingerprint density at radius 2 is 1.86 bits per heavy atom. The fraction of sp³-hybridized carbons (Fsp3) is 0.667. The van der Waals surface area contributed by atoms with Crippen molar-refractivity contribution in [3.63, 3.8) is 0 Å². The molecule has 0 spiro atoms. The molecule has 1 aliphatic heterocycles. The number of nitrogens with zero attached hydrogens (tertiary/aromatic N) is 1. The van der Waals surface area contributed by atoms with E-state index in [0.717, 1.165) is 24.4 Å². The highest BCUT2D eigenvalue weighted by molar-refractivity contribution is 5.31. The van der Waals surface area contributed by atoms with E-state index in [9.17, 15) is 5.11 Å². The maximum Gasteiger partial charge on any atom is 0.119 e. The molecule has 0 saturated carbocycles. The quantitative estimate of drug-likeness (QED) is 0.896. The highest BCUT2D eigenvalue weighted by atomic mass is 16.5. The summed E-state index contributed by atoms with van der Waals surface area (Å²) in [5.74, 6) is 0.834. The van der Waals surface area contributed by atoms with Gasteiger partial charge < -0.3 is 9.84 Å². The zero-order valence-corrected chi connectivity index (χ0v) is 13.6. The maximum atomic E-state index is 10.9. The lowest BCUT2D eigenvalue weighted by atomic mass is 9.89. The van der Waals surface area contributed by atoms with E-state index >= 15 is 0 Å². The Labute approximate surface area is 128 Å². The van der Waals surface area contributed by atoms with Crippen molar-refractivity contribution in [3.05, 3.63) is 29.8 Å². The molecule has 118 valence electrons. The Hall–Kier alpha value is -1.06. The molecule has 0 aromatic heterocycles. The molecule has 3 heteroatoms. The first-order valence-corrected chi connectivity index (χ1v) is 8.21. The topological polar surface area (TPSA) is 32.7 Å². The van der Waals surface area contributed by atoms with Crippen molar-refractivity contribution in [2.45, 2.75) is 58.1 Å². The van der Waals surface area contributed by atoms with Crippen LogP contribution < -0.4 is 4.74 Å². The molecule has 2 rings (SSSR count). The summed E-state index contributed by atoms with van der Waals surface area (Å²) in [6, 6.07) is 7.86. The Morgan fingerprint density at radius 1 is 1.19 bits per heavy atom. The van der Waals surface area contributed by atoms with E-state index in [2.05, 4.69) is 18.7 Å². The summed E-state index contributed by atoms with van der Waals surface area (Å²) in [4.78, 5) is 2.44. The Balaban J connectivity index is 2.15. The number of aliphatic hydroxyl groups is 1. The van der Waals surface area contributed by atoms with Crippen LogP contribution in [0.15, 0.2) is 24.3 Å². The second kappa shape index (κ2) is 7.28. The van der Waals surface area contributed by atoms with Gasteiger partial charge in [-0.1, -0.05) is 25.0 Å². The van der Waals surface area contributed by atoms with Gasteiger partial charge in [-0.15, -0.1) is 0 Å². The van der Waals surface area contributed by atoms with Gasteiger partial charge in [0, 0.05) is 5.54 Å².